The molecule has 4 nitrogen and oxygen atoms in total. The van der Waals surface area contributed by atoms with Crippen molar-refractivity contribution in [2.24, 2.45) is 0 Å². The highest BCUT2D eigenvalue weighted by Crippen LogP contribution is 2.26. The molecule has 1 saturated heterocycles. The van der Waals surface area contributed by atoms with Crippen LogP contribution < -0.4 is 0 Å². The summed E-state index contributed by atoms with van der Waals surface area (Å²) in [7, 11) is -3.84. The standard InChI is InChI=1S/C11H14BrFN2O2S/c12-8-9-4-1-2-7-15(9)18(16,17)11-10(13)5-3-6-14-11/h3,5-6,9H,1-2,4,7-8H2. The Labute approximate surface area is 114 Å². The lowest BCUT2D eigenvalue weighted by atomic mass is 10.1. The van der Waals surface area contributed by atoms with Gasteiger partial charge in [0.1, 0.15) is 0 Å². The first kappa shape index (κ1) is 13.9. The summed E-state index contributed by atoms with van der Waals surface area (Å²) in [5.74, 6) is -0.795. The summed E-state index contributed by atoms with van der Waals surface area (Å²) in [6.07, 6.45) is 3.88. The second-order valence-electron chi connectivity index (χ2n) is 4.21. The van der Waals surface area contributed by atoms with E-state index in [1.54, 1.807) is 0 Å². The van der Waals surface area contributed by atoms with Crippen LogP contribution in [-0.2, 0) is 10.0 Å². The molecular formula is C11H14BrFN2O2S. The lowest BCUT2D eigenvalue weighted by Crippen LogP contribution is -2.45. The normalized spacial score (nSPS) is 22.0. The van der Waals surface area contributed by atoms with Gasteiger partial charge in [-0.15, -0.1) is 0 Å². The maximum Gasteiger partial charge on any atom is 0.263 e. The molecule has 2 rings (SSSR count). The van der Waals surface area contributed by atoms with Gasteiger partial charge in [0.05, 0.1) is 0 Å². The number of alkyl halides is 1. The van der Waals surface area contributed by atoms with Crippen LogP contribution in [0.25, 0.3) is 0 Å². The summed E-state index contributed by atoms with van der Waals surface area (Å²) < 4.78 is 39.7. The summed E-state index contributed by atoms with van der Waals surface area (Å²) in [6.45, 7) is 0.425. The first-order valence-electron chi connectivity index (χ1n) is 5.75. The summed E-state index contributed by atoms with van der Waals surface area (Å²) in [4.78, 5) is 3.67. The van der Waals surface area contributed by atoms with E-state index in [2.05, 4.69) is 20.9 Å². The van der Waals surface area contributed by atoms with Gasteiger partial charge >= 0.3 is 0 Å². The smallest absolute Gasteiger partial charge is 0.241 e. The van der Waals surface area contributed by atoms with Crippen molar-refractivity contribution in [3.8, 4) is 0 Å². The molecule has 2 heterocycles. The van der Waals surface area contributed by atoms with E-state index in [4.69, 9.17) is 0 Å². The number of pyridine rings is 1. The van der Waals surface area contributed by atoms with E-state index in [9.17, 15) is 12.8 Å². The van der Waals surface area contributed by atoms with Crippen LogP contribution >= 0.6 is 15.9 Å². The zero-order valence-corrected chi connectivity index (χ0v) is 12.1. The molecule has 1 fully saturated rings. The number of piperidine rings is 1. The van der Waals surface area contributed by atoms with Crippen molar-refractivity contribution in [2.75, 3.05) is 11.9 Å². The lowest BCUT2D eigenvalue weighted by Gasteiger charge is -2.33. The second kappa shape index (κ2) is 5.63. The zero-order valence-electron chi connectivity index (χ0n) is 9.72. The topological polar surface area (TPSA) is 50.3 Å². The summed E-state index contributed by atoms with van der Waals surface area (Å²) in [5, 5.41) is 0.0820. The van der Waals surface area contributed by atoms with Crippen LogP contribution in [0.4, 0.5) is 4.39 Å². The summed E-state index contributed by atoms with van der Waals surface area (Å²) >= 11 is 3.31. The molecule has 0 radical (unpaired) electrons. The highest BCUT2D eigenvalue weighted by Gasteiger charge is 2.35. The van der Waals surface area contributed by atoms with E-state index in [1.807, 2.05) is 0 Å². The van der Waals surface area contributed by atoms with Crippen LogP contribution in [0, 0.1) is 5.82 Å². The molecule has 0 N–H and O–H groups in total. The van der Waals surface area contributed by atoms with Gasteiger partial charge in [-0.1, -0.05) is 22.4 Å². The van der Waals surface area contributed by atoms with Crippen molar-refractivity contribution >= 4 is 26.0 Å². The summed E-state index contributed by atoms with van der Waals surface area (Å²) in [5.41, 5.74) is 0. The first-order chi connectivity index (χ1) is 8.57. The lowest BCUT2D eigenvalue weighted by molar-refractivity contribution is 0.271. The first-order valence-corrected chi connectivity index (χ1v) is 8.32. The molecule has 1 aliphatic rings. The van der Waals surface area contributed by atoms with Gasteiger partial charge in [-0.25, -0.2) is 17.8 Å². The van der Waals surface area contributed by atoms with Crippen molar-refractivity contribution < 1.29 is 12.8 Å². The van der Waals surface area contributed by atoms with Crippen LogP contribution in [0.2, 0.25) is 0 Å². The minimum absolute atomic E-state index is 0.120. The molecule has 0 bridgehead atoms. The van der Waals surface area contributed by atoms with Crippen molar-refractivity contribution in [3.63, 3.8) is 0 Å². The molecule has 0 aliphatic carbocycles. The van der Waals surface area contributed by atoms with E-state index in [1.165, 1.54) is 16.6 Å². The van der Waals surface area contributed by atoms with Crippen molar-refractivity contribution in [1.82, 2.24) is 9.29 Å². The monoisotopic (exact) mass is 336 g/mol. The van der Waals surface area contributed by atoms with E-state index >= 15 is 0 Å². The molecule has 100 valence electrons. The fraction of sp³-hybridized carbons (Fsp3) is 0.545. The predicted molar refractivity (Wildman–Crippen MR) is 69.5 cm³/mol. The molecule has 7 heteroatoms. The van der Waals surface area contributed by atoms with Crippen molar-refractivity contribution in [2.45, 2.75) is 30.3 Å². The molecule has 1 aromatic heterocycles. The summed E-state index contributed by atoms with van der Waals surface area (Å²) in [6, 6.07) is 2.38. The van der Waals surface area contributed by atoms with Crippen LogP contribution in [0.15, 0.2) is 23.4 Å². The Kier molecular flexibility index (Phi) is 4.34. The fourth-order valence-electron chi connectivity index (χ4n) is 2.12. The largest absolute Gasteiger partial charge is 0.263 e. The molecule has 1 atom stereocenters. The van der Waals surface area contributed by atoms with Crippen molar-refractivity contribution in [3.05, 3.63) is 24.1 Å². The van der Waals surface area contributed by atoms with Gasteiger partial charge in [-0.05, 0) is 25.0 Å². The molecular weight excluding hydrogens is 323 g/mol. The van der Waals surface area contributed by atoms with E-state index in [0.29, 0.717) is 11.9 Å². The van der Waals surface area contributed by atoms with E-state index < -0.39 is 20.9 Å². The Hall–Kier alpha value is -0.530. The van der Waals surface area contributed by atoms with Gasteiger partial charge in [0.15, 0.2) is 5.82 Å². The second-order valence-corrected chi connectivity index (χ2v) is 6.66. The quantitative estimate of drug-likeness (QED) is 0.795. The van der Waals surface area contributed by atoms with E-state index in [0.717, 1.165) is 25.3 Å². The SMILES string of the molecule is O=S(=O)(c1ncccc1F)N1CCCCC1CBr. The number of aromatic nitrogens is 1. The molecule has 18 heavy (non-hydrogen) atoms. The van der Waals surface area contributed by atoms with Crippen LogP contribution in [0.5, 0.6) is 0 Å². The number of hydrogen-bond acceptors (Lipinski definition) is 3. The van der Waals surface area contributed by atoms with Gasteiger partial charge in [-0.3, -0.25) is 0 Å². The molecule has 1 aromatic rings. The minimum atomic E-state index is -3.84. The third-order valence-electron chi connectivity index (χ3n) is 3.03. The van der Waals surface area contributed by atoms with E-state index in [-0.39, 0.29) is 6.04 Å². The number of hydrogen-bond donors (Lipinski definition) is 0. The van der Waals surface area contributed by atoms with Gasteiger partial charge < -0.3 is 0 Å². The molecule has 0 saturated carbocycles. The Bertz CT molecular complexity index is 524. The molecule has 1 aliphatic heterocycles. The number of sulfonamides is 1. The van der Waals surface area contributed by atoms with Gasteiger partial charge in [0.2, 0.25) is 5.03 Å². The highest BCUT2D eigenvalue weighted by atomic mass is 79.9. The zero-order chi connectivity index (χ0) is 13.2. The average molecular weight is 337 g/mol. The molecule has 0 spiro atoms. The molecule has 1 unspecified atom stereocenters. The Balaban J connectivity index is 2.39. The number of halogens is 2. The van der Waals surface area contributed by atoms with Crippen molar-refractivity contribution in [1.29, 1.82) is 0 Å². The fourth-order valence-corrected chi connectivity index (χ4v) is 4.65. The Morgan fingerprint density at radius 2 is 2.28 bits per heavy atom. The van der Waals surface area contributed by atoms with Crippen LogP contribution in [-0.4, -0.2) is 35.6 Å². The Morgan fingerprint density at radius 1 is 1.50 bits per heavy atom. The Morgan fingerprint density at radius 3 is 2.94 bits per heavy atom. The average Bonchev–Trinajstić information content (AvgIpc) is 2.39. The molecule has 0 aromatic carbocycles. The van der Waals surface area contributed by atoms with Gasteiger partial charge in [-0.2, -0.15) is 4.31 Å². The third kappa shape index (κ3) is 2.57. The number of nitrogens with zero attached hydrogens (tertiary/aromatic N) is 2. The maximum atomic E-state index is 13.6. The third-order valence-corrected chi connectivity index (χ3v) is 5.66. The predicted octanol–water partition coefficient (Wildman–Crippen LogP) is 2.16. The maximum absolute atomic E-state index is 13.6. The van der Waals surface area contributed by atoms with Crippen LogP contribution in [0.3, 0.4) is 0 Å². The number of rotatable bonds is 3. The molecule has 0 amide bonds. The highest BCUT2D eigenvalue weighted by molar-refractivity contribution is 9.09. The van der Waals surface area contributed by atoms with Gasteiger partial charge in [0.25, 0.3) is 10.0 Å². The van der Waals surface area contributed by atoms with Gasteiger partial charge in [0, 0.05) is 24.1 Å². The minimum Gasteiger partial charge on any atom is -0.241 e. The van der Waals surface area contributed by atoms with Crippen LogP contribution in [0.1, 0.15) is 19.3 Å².